The molecule has 152 valence electrons. The standard InChI is InChI=1S/C20H26N2O5S/c1-25-18-9-8-17(14-19(18)26-2)28(23,24)21-10-11-22-12-13-27-20(15-22)16-6-4-3-5-7-16/h3-9,14,20-21H,10-13,15H2,1-2H3/t20-/m0/s1. The van der Waals surface area contributed by atoms with Crippen LogP contribution in [0.3, 0.4) is 0 Å². The third-order valence-electron chi connectivity index (χ3n) is 4.71. The van der Waals surface area contributed by atoms with Gasteiger partial charge >= 0.3 is 0 Å². The fourth-order valence-corrected chi connectivity index (χ4v) is 4.22. The van der Waals surface area contributed by atoms with Crippen LogP contribution in [0.25, 0.3) is 0 Å². The number of sulfonamides is 1. The summed E-state index contributed by atoms with van der Waals surface area (Å²) in [6.07, 6.45) is 0.0115. The number of benzene rings is 2. The van der Waals surface area contributed by atoms with Crippen molar-refractivity contribution in [3.05, 3.63) is 54.1 Å². The van der Waals surface area contributed by atoms with Gasteiger partial charge in [-0.05, 0) is 17.7 Å². The Morgan fingerprint density at radius 1 is 1.11 bits per heavy atom. The molecule has 0 aromatic heterocycles. The van der Waals surface area contributed by atoms with Crippen LogP contribution >= 0.6 is 0 Å². The minimum absolute atomic E-state index is 0.0115. The SMILES string of the molecule is COc1ccc(S(=O)(=O)NCCN2CCO[C@H](c3ccccc3)C2)cc1OC. The first kappa shape index (κ1) is 20.6. The molecule has 2 aromatic rings. The first-order valence-electron chi connectivity index (χ1n) is 9.14. The molecule has 0 unspecified atom stereocenters. The summed E-state index contributed by atoms with van der Waals surface area (Å²) in [6, 6.07) is 14.6. The lowest BCUT2D eigenvalue weighted by Crippen LogP contribution is -2.42. The van der Waals surface area contributed by atoms with Gasteiger partial charge in [-0.25, -0.2) is 13.1 Å². The highest BCUT2D eigenvalue weighted by molar-refractivity contribution is 7.89. The maximum Gasteiger partial charge on any atom is 0.240 e. The number of nitrogens with one attached hydrogen (secondary N) is 1. The van der Waals surface area contributed by atoms with Crippen molar-refractivity contribution in [2.75, 3.05) is 47.0 Å². The molecule has 7 nitrogen and oxygen atoms in total. The Labute approximate surface area is 166 Å². The van der Waals surface area contributed by atoms with Gasteiger partial charge in [0.05, 0.1) is 31.8 Å². The molecule has 0 aliphatic carbocycles. The highest BCUT2D eigenvalue weighted by Crippen LogP contribution is 2.29. The van der Waals surface area contributed by atoms with Crippen LogP contribution in [0.2, 0.25) is 0 Å². The van der Waals surface area contributed by atoms with Crippen LogP contribution in [-0.2, 0) is 14.8 Å². The number of hydrogen-bond acceptors (Lipinski definition) is 6. The summed E-state index contributed by atoms with van der Waals surface area (Å²) in [4.78, 5) is 2.35. The van der Waals surface area contributed by atoms with Crippen LogP contribution in [0.15, 0.2) is 53.4 Å². The van der Waals surface area contributed by atoms with Gasteiger partial charge in [-0.3, -0.25) is 4.90 Å². The van der Waals surface area contributed by atoms with E-state index in [1.165, 1.54) is 26.4 Å². The zero-order valence-electron chi connectivity index (χ0n) is 16.1. The van der Waals surface area contributed by atoms with Crippen LogP contribution in [-0.4, -0.2) is 60.3 Å². The molecule has 1 saturated heterocycles. The quantitative estimate of drug-likeness (QED) is 0.723. The van der Waals surface area contributed by atoms with Gasteiger partial charge in [0.2, 0.25) is 10.0 Å². The normalized spacial score (nSPS) is 18.0. The molecular formula is C20H26N2O5S. The minimum atomic E-state index is -3.63. The highest BCUT2D eigenvalue weighted by Gasteiger charge is 2.22. The van der Waals surface area contributed by atoms with E-state index < -0.39 is 10.0 Å². The van der Waals surface area contributed by atoms with Gasteiger partial charge in [-0.1, -0.05) is 30.3 Å². The molecule has 1 aliphatic heterocycles. The van der Waals surface area contributed by atoms with Crippen molar-refractivity contribution in [3.8, 4) is 11.5 Å². The molecule has 1 heterocycles. The van der Waals surface area contributed by atoms with Gasteiger partial charge in [-0.15, -0.1) is 0 Å². The summed E-state index contributed by atoms with van der Waals surface area (Å²) in [5.74, 6) is 0.867. The van der Waals surface area contributed by atoms with Crippen molar-refractivity contribution in [1.82, 2.24) is 9.62 Å². The minimum Gasteiger partial charge on any atom is -0.493 e. The zero-order valence-corrected chi connectivity index (χ0v) is 16.9. The Morgan fingerprint density at radius 2 is 1.86 bits per heavy atom. The fraction of sp³-hybridized carbons (Fsp3) is 0.400. The molecule has 0 spiro atoms. The second kappa shape index (κ2) is 9.38. The van der Waals surface area contributed by atoms with E-state index in [1.807, 2.05) is 30.3 Å². The summed E-state index contributed by atoms with van der Waals surface area (Å²) in [5, 5.41) is 0. The topological polar surface area (TPSA) is 77.1 Å². The van der Waals surface area contributed by atoms with Crippen molar-refractivity contribution in [1.29, 1.82) is 0 Å². The number of methoxy groups -OCH3 is 2. The van der Waals surface area contributed by atoms with E-state index in [4.69, 9.17) is 14.2 Å². The Kier molecular flexibility index (Phi) is 6.90. The lowest BCUT2D eigenvalue weighted by molar-refractivity contribution is -0.0291. The number of hydrogen-bond donors (Lipinski definition) is 1. The third kappa shape index (κ3) is 5.02. The number of ether oxygens (including phenoxy) is 3. The molecule has 0 bridgehead atoms. The Morgan fingerprint density at radius 3 is 2.57 bits per heavy atom. The average Bonchev–Trinajstić information content (AvgIpc) is 2.74. The van der Waals surface area contributed by atoms with Gasteiger partial charge in [0, 0.05) is 32.2 Å². The second-order valence-corrected chi connectivity index (χ2v) is 8.25. The molecule has 2 aromatic carbocycles. The predicted molar refractivity (Wildman–Crippen MR) is 106 cm³/mol. The van der Waals surface area contributed by atoms with E-state index in [9.17, 15) is 8.42 Å². The van der Waals surface area contributed by atoms with Crippen LogP contribution in [0.5, 0.6) is 11.5 Å². The van der Waals surface area contributed by atoms with Gasteiger partial charge in [-0.2, -0.15) is 0 Å². The van der Waals surface area contributed by atoms with Gasteiger partial charge in [0.1, 0.15) is 0 Å². The van der Waals surface area contributed by atoms with Gasteiger partial charge in [0.15, 0.2) is 11.5 Å². The van der Waals surface area contributed by atoms with Crippen LogP contribution in [0.4, 0.5) is 0 Å². The van der Waals surface area contributed by atoms with Crippen molar-refractivity contribution < 1.29 is 22.6 Å². The van der Waals surface area contributed by atoms with E-state index in [1.54, 1.807) is 6.07 Å². The molecule has 0 amide bonds. The summed E-state index contributed by atoms with van der Waals surface area (Å²) in [7, 11) is -0.643. The molecular weight excluding hydrogens is 380 g/mol. The van der Waals surface area contributed by atoms with Crippen LogP contribution in [0, 0.1) is 0 Å². The molecule has 0 saturated carbocycles. The van der Waals surface area contributed by atoms with E-state index in [0.29, 0.717) is 31.2 Å². The zero-order chi connectivity index (χ0) is 20.0. The van der Waals surface area contributed by atoms with Crippen molar-refractivity contribution in [2.45, 2.75) is 11.0 Å². The number of morpholine rings is 1. The fourth-order valence-electron chi connectivity index (χ4n) is 3.18. The van der Waals surface area contributed by atoms with Gasteiger partial charge < -0.3 is 14.2 Å². The van der Waals surface area contributed by atoms with E-state index in [-0.39, 0.29) is 11.0 Å². The van der Waals surface area contributed by atoms with Crippen LogP contribution < -0.4 is 14.2 Å². The molecule has 1 atom stereocenters. The maximum absolute atomic E-state index is 12.6. The smallest absolute Gasteiger partial charge is 0.240 e. The van der Waals surface area contributed by atoms with E-state index in [0.717, 1.165) is 18.7 Å². The monoisotopic (exact) mass is 406 g/mol. The van der Waals surface area contributed by atoms with Crippen molar-refractivity contribution in [2.24, 2.45) is 0 Å². The highest BCUT2D eigenvalue weighted by atomic mass is 32.2. The molecule has 28 heavy (non-hydrogen) atoms. The van der Waals surface area contributed by atoms with Gasteiger partial charge in [0.25, 0.3) is 0 Å². The Balaban J connectivity index is 1.56. The number of rotatable bonds is 8. The van der Waals surface area contributed by atoms with Crippen molar-refractivity contribution in [3.63, 3.8) is 0 Å². The summed E-state index contributed by atoms with van der Waals surface area (Å²) >= 11 is 0. The molecule has 1 N–H and O–H groups in total. The largest absolute Gasteiger partial charge is 0.493 e. The summed E-state index contributed by atoms with van der Waals surface area (Å²) < 4.78 is 44.0. The Bertz CT molecular complexity index is 873. The lowest BCUT2D eigenvalue weighted by atomic mass is 10.1. The molecule has 1 aliphatic rings. The Hall–Kier alpha value is -2.13. The second-order valence-electron chi connectivity index (χ2n) is 6.49. The molecule has 0 radical (unpaired) electrons. The summed E-state index contributed by atoms with van der Waals surface area (Å²) in [6.45, 7) is 3.07. The van der Waals surface area contributed by atoms with E-state index >= 15 is 0 Å². The third-order valence-corrected chi connectivity index (χ3v) is 6.17. The molecule has 3 rings (SSSR count). The van der Waals surface area contributed by atoms with E-state index in [2.05, 4.69) is 9.62 Å². The molecule has 1 fully saturated rings. The van der Waals surface area contributed by atoms with Crippen LogP contribution in [0.1, 0.15) is 11.7 Å². The first-order chi connectivity index (χ1) is 13.5. The first-order valence-corrected chi connectivity index (χ1v) is 10.6. The average molecular weight is 407 g/mol. The predicted octanol–water partition coefficient (Wildman–Crippen LogP) is 2.06. The summed E-state index contributed by atoms with van der Waals surface area (Å²) in [5.41, 5.74) is 1.14. The number of nitrogens with zero attached hydrogens (tertiary/aromatic N) is 1. The van der Waals surface area contributed by atoms with Crippen molar-refractivity contribution >= 4 is 10.0 Å². The lowest BCUT2D eigenvalue weighted by Gasteiger charge is -2.33. The maximum atomic E-state index is 12.6. The molecule has 8 heteroatoms.